The van der Waals surface area contributed by atoms with Gasteiger partial charge in [0.1, 0.15) is 0 Å². The lowest BCUT2D eigenvalue weighted by Gasteiger charge is -2.40. The SMILES string of the molecule is CC1(C)CCC2=C(C1)N(c1ccccc1)C(=O)CC2=O. The third-order valence-electron chi connectivity index (χ3n) is 4.23. The zero-order valence-electron chi connectivity index (χ0n) is 12.0. The first kappa shape index (κ1) is 13.1. The number of carbonyl (C=O) groups is 2. The first-order chi connectivity index (χ1) is 9.48. The minimum Gasteiger partial charge on any atom is -0.294 e. The van der Waals surface area contributed by atoms with Crippen molar-refractivity contribution in [3.63, 3.8) is 0 Å². The molecule has 0 fully saturated rings. The lowest BCUT2D eigenvalue weighted by Crippen LogP contribution is -2.41. The van der Waals surface area contributed by atoms with Crippen LogP contribution in [0.4, 0.5) is 5.69 Å². The average Bonchev–Trinajstić information content (AvgIpc) is 2.38. The van der Waals surface area contributed by atoms with E-state index in [4.69, 9.17) is 0 Å². The average molecular weight is 269 g/mol. The van der Waals surface area contributed by atoms with Crippen molar-refractivity contribution in [2.75, 3.05) is 4.90 Å². The Bertz CT molecular complexity index is 599. The van der Waals surface area contributed by atoms with Crippen molar-refractivity contribution in [1.29, 1.82) is 0 Å². The van der Waals surface area contributed by atoms with E-state index in [0.29, 0.717) is 0 Å². The Morgan fingerprint density at radius 2 is 1.80 bits per heavy atom. The van der Waals surface area contributed by atoms with E-state index < -0.39 is 0 Å². The van der Waals surface area contributed by atoms with Gasteiger partial charge in [-0.15, -0.1) is 0 Å². The Morgan fingerprint density at radius 1 is 1.10 bits per heavy atom. The van der Waals surface area contributed by atoms with Crippen LogP contribution >= 0.6 is 0 Å². The number of carbonyl (C=O) groups excluding carboxylic acids is 2. The van der Waals surface area contributed by atoms with Crippen LogP contribution in [0.1, 0.15) is 39.5 Å². The lowest BCUT2D eigenvalue weighted by molar-refractivity contribution is -0.125. The summed E-state index contributed by atoms with van der Waals surface area (Å²) in [4.78, 5) is 26.2. The normalized spacial score (nSPS) is 22.0. The molecule has 0 aromatic heterocycles. The molecular formula is C17H19NO2. The molecule has 1 aliphatic heterocycles. The molecule has 0 bridgehead atoms. The molecule has 0 unspecified atom stereocenters. The topological polar surface area (TPSA) is 37.4 Å². The van der Waals surface area contributed by atoms with E-state index in [9.17, 15) is 9.59 Å². The summed E-state index contributed by atoms with van der Waals surface area (Å²) in [6, 6.07) is 9.64. The van der Waals surface area contributed by atoms with Crippen LogP contribution in [-0.4, -0.2) is 11.7 Å². The minimum absolute atomic E-state index is 0.00809. The first-order valence-corrected chi connectivity index (χ1v) is 7.11. The van der Waals surface area contributed by atoms with E-state index in [1.54, 1.807) is 4.90 Å². The Morgan fingerprint density at radius 3 is 2.50 bits per heavy atom. The van der Waals surface area contributed by atoms with Gasteiger partial charge in [-0.05, 0) is 36.8 Å². The zero-order valence-corrected chi connectivity index (χ0v) is 12.0. The number of hydrogen-bond acceptors (Lipinski definition) is 2. The van der Waals surface area contributed by atoms with Crippen molar-refractivity contribution in [2.24, 2.45) is 5.41 Å². The predicted octanol–water partition coefficient (Wildman–Crippen LogP) is 3.46. The maximum atomic E-state index is 12.3. The van der Waals surface area contributed by atoms with E-state index in [2.05, 4.69) is 13.8 Å². The number of nitrogens with zero attached hydrogens (tertiary/aromatic N) is 1. The molecule has 0 radical (unpaired) electrons. The highest BCUT2D eigenvalue weighted by atomic mass is 16.2. The summed E-state index contributed by atoms with van der Waals surface area (Å²) in [6.07, 6.45) is 2.59. The smallest absolute Gasteiger partial charge is 0.239 e. The quantitative estimate of drug-likeness (QED) is 0.732. The molecule has 0 saturated carbocycles. The number of amides is 1. The summed E-state index contributed by atoms with van der Waals surface area (Å²) in [5, 5.41) is 0. The van der Waals surface area contributed by atoms with Gasteiger partial charge in [-0.1, -0.05) is 32.0 Å². The first-order valence-electron chi connectivity index (χ1n) is 7.11. The van der Waals surface area contributed by atoms with Crippen LogP contribution in [0, 0.1) is 5.41 Å². The molecule has 0 spiro atoms. The van der Waals surface area contributed by atoms with Gasteiger partial charge in [-0.25, -0.2) is 0 Å². The van der Waals surface area contributed by atoms with Gasteiger partial charge < -0.3 is 0 Å². The fraction of sp³-hybridized carbons (Fsp3) is 0.412. The van der Waals surface area contributed by atoms with Gasteiger partial charge in [-0.2, -0.15) is 0 Å². The van der Waals surface area contributed by atoms with E-state index in [1.807, 2.05) is 30.3 Å². The number of rotatable bonds is 1. The Labute approximate surface area is 119 Å². The summed E-state index contributed by atoms with van der Waals surface area (Å²) in [5.41, 5.74) is 2.81. The fourth-order valence-electron chi connectivity index (χ4n) is 3.12. The van der Waals surface area contributed by atoms with Crippen LogP contribution in [0.2, 0.25) is 0 Å². The monoisotopic (exact) mass is 269 g/mol. The highest BCUT2D eigenvalue weighted by molar-refractivity contribution is 6.17. The number of allylic oxidation sites excluding steroid dienone is 2. The standard InChI is InChI=1S/C17H19NO2/c1-17(2)9-8-13-14(11-17)18(16(20)10-15(13)19)12-6-4-3-5-7-12/h3-7H,8-11H2,1-2H3. The number of benzene rings is 1. The van der Waals surface area contributed by atoms with Crippen LogP contribution < -0.4 is 4.90 Å². The van der Waals surface area contributed by atoms with Gasteiger partial charge in [-0.3, -0.25) is 14.5 Å². The molecule has 1 aliphatic carbocycles. The van der Waals surface area contributed by atoms with Gasteiger partial charge in [0.05, 0.1) is 6.42 Å². The Balaban J connectivity index is 2.10. The maximum Gasteiger partial charge on any atom is 0.239 e. The van der Waals surface area contributed by atoms with Crippen LogP contribution in [0.15, 0.2) is 41.6 Å². The van der Waals surface area contributed by atoms with Crippen LogP contribution in [-0.2, 0) is 9.59 Å². The summed E-state index contributed by atoms with van der Waals surface area (Å²) in [5.74, 6) is -0.0784. The lowest BCUT2D eigenvalue weighted by atomic mass is 9.74. The summed E-state index contributed by atoms with van der Waals surface area (Å²) in [6.45, 7) is 4.40. The number of ketones is 1. The molecule has 20 heavy (non-hydrogen) atoms. The van der Waals surface area contributed by atoms with Crippen LogP contribution in [0.3, 0.4) is 0 Å². The van der Waals surface area contributed by atoms with Gasteiger partial charge in [0.15, 0.2) is 5.78 Å². The number of anilines is 1. The second-order valence-electron chi connectivity index (χ2n) is 6.43. The molecule has 1 aromatic rings. The van der Waals surface area contributed by atoms with Crippen LogP contribution in [0.5, 0.6) is 0 Å². The van der Waals surface area contributed by atoms with Crippen molar-refractivity contribution in [1.82, 2.24) is 0 Å². The molecule has 1 heterocycles. The second-order valence-corrected chi connectivity index (χ2v) is 6.43. The van der Waals surface area contributed by atoms with Gasteiger partial charge in [0, 0.05) is 17.0 Å². The van der Waals surface area contributed by atoms with E-state index in [1.165, 1.54) is 0 Å². The van der Waals surface area contributed by atoms with Gasteiger partial charge >= 0.3 is 0 Å². The molecule has 2 aliphatic rings. The van der Waals surface area contributed by atoms with Gasteiger partial charge in [0.25, 0.3) is 0 Å². The Hall–Kier alpha value is -1.90. The predicted molar refractivity (Wildman–Crippen MR) is 78.2 cm³/mol. The van der Waals surface area contributed by atoms with Crippen molar-refractivity contribution in [3.05, 3.63) is 41.6 Å². The molecule has 3 heteroatoms. The van der Waals surface area contributed by atoms with E-state index >= 15 is 0 Å². The van der Waals surface area contributed by atoms with Crippen molar-refractivity contribution in [2.45, 2.75) is 39.5 Å². The Kier molecular flexibility index (Phi) is 3.00. The largest absolute Gasteiger partial charge is 0.294 e. The zero-order chi connectivity index (χ0) is 14.3. The molecule has 1 aromatic carbocycles. The van der Waals surface area contributed by atoms with Crippen molar-refractivity contribution in [3.8, 4) is 0 Å². The molecule has 0 saturated heterocycles. The third-order valence-corrected chi connectivity index (χ3v) is 4.23. The van der Waals surface area contributed by atoms with Crippen LogP contribution in [0.25, 0.3) is 0 Å². The maximum absolute atomic E-state index is 12.3. The highest BCUT2D eigenvalue weighted by Gasteiger charge is 2.39. The highest BCUT2D eigenvalue weighted by Crippen LogP contribution is 2.43. The molecule has 0 atom stereocenters. The second kappa shape index (κ2) is 4.58. The summed E-state index contributed by atoms with van der Waals surface area (Å²) >= 11 is 0. The fourth-order valence-corrected chi connectivity index (χ4v) is 3.12. The molecule has 104 valence electrons. The summed E-state index contributed by atoms with van der Waals surface area (Å²) < 4.78 is 0. The van der Waals surface area contributed by atoms with Gasteiger partial charge in [0.2, 0.25) is 5.91 Å². The molecule has 1 amide bonds. The summed E-state index contributed by atoms with van der Waals surface area (Å²) in [7, 11) is 0. The molecule has 0 N–H and O–H groups in total. The molecular weight excluding hydrogens is 250 g/mol. The molecule has 3 rings (SSSR count). The third kappa shape index (κ3) is 2.17. The number of Topliss-reactive ketones (excluding diaryl/α,β-unsaturated/α-hetero) is 1. The molecule has 3 nitrogen and oxygen atoms in total. The van der Waals surface area contributed by atoms with E-state index in [-0.39, 0.29) is 23.5 Å². The minimum atomic E-state index is -0.0994. The van der Waals surface area contributed by atoms with E-state index in [0.717, 1.165) is 36.2 Å². The number of para-hydroxylation sites is 1. The van der Waals surface area contributed by atoms with Crippen molar-refractivity contribution >= 4 is 17.4 Å². The number of hydrogen-bond donors (Lipinski definition) is 0. The van der Waals surface area contributed by atoms with Crippen molar-refractivity contribution < 1.29 is 9.59 Å².